The monoisotopic (exact) mass is 349 g/mol. The second kappa shape index (κ2) is 6.98. The smallest absolute Gasteiger partial charge is 0.231 e. The van der Waals surface area contributed by atoms with Crippen LogP contribution >= 0.6 is 15.9 Å². The van der Waals surface area contributed by atoms with E-state index in [0.29, 0.717) is 30.1 Å². The minimum Gasteiger partial charge on any atom is -0.476 e. The Morgan fingerprint density at radius 1 is 1.14 bits per heavy atom. The second-order valence-electron chi connectivity index (χ2n) is 5.41. The highest BCUT2D eigenvalue weighted by Crippen LogP contribution is 2.26. The highest BCUT2D eigenvalue weighted by molar-refractivity contribution is 9.10. The molecule has 0 fully saturated rings. The fourth-order valence-corrected chi connectivity index (χ4v) is 2.24. The van der Waals surface area contributed by atoms with E-state index in [4.69, 9.17) is 4.74 Å². The van der Waals surface area contributed by atoms with Gasteiger partial charge in [-0.15, -0.1) is 0 Å². The summed E-state index contributed by atoms with van der Waals surface area (Å²) in [4.78, 5) is 12.9. The van der Waals surface area contributed by atoms with Crippen LogP contribution in [0.5, 0.6) is 5.88 Å². The topological polar surface area (TPSA) is 47.9 Å². The number of aryl methyl sites for hydroxylation is 2. The minimum atomic E-state index is 0.326. The van der Waals surface area contributed by atoms with Crippen LogP contribution < -0.4 is 4.74 Å². The molecule has 1 unspecified atom stereocenters. The van der Waals surface area contributed by atoms with Crippen LogP contribution in [-0.4, -0.2) is 21.6 Å². The van der Waals surface area contributed by atoms with E-state index >= 15 is 0 Å². The summed E-state index contributed by atoms with van der Waals surface area (Å²) in [5, 5.41) is 0. The Hall–Kier alpha value is -1.49. The SMILES string of the molecule is Cc1ccc(C(C)[C@H](C)COc2nc(C)ncc2Br)nc1. The third-order valence-electron chi connectivity index (χ3n) is 3.57. The Balaban J connectivity index is 1.99. The van der Waals surface area contributed by atoms with Crippen LogP contribution in [0.15, 0.2) is 29.0 Å². The van der Waals surface area contributed by atoms with Gasteiger partial charge in [0.2, 0.25) is 5.88 Å². The van der Waals surface area contributed by atoms with E-state index < -0.39 is 0 Å². The van der Waals surface area contributed by atoms with E-state index in [0.717, 1.165) is 10.2 Å². The van der Waals surface area contributed by atoms with Crippen molar-refractivity contribution in [2.75, 3.05) is 6.61 Å². The molecule has 0 aliphatic heterocycles. The highest BCUT2D eigenvalue weighted by Gasteiger charge is 2.17. The third kappa shape index (κ3) is 4.24. The number of nitrogens with zero attached hydrogens (tertiary/aromatic N) is 3. The van der Waals surface area contributed by atoms with Crippen LogP contribution in [-0.2, 0) is 0 Å². The van der Waals surface area contributed by atoms with Crippen LogP contribution in [0.2, 0.25) is 0 Å². The van der Waals surface area contributed by atoms with E-state index in [1.54, 1.807) is 6.20 Å². The van der Waals surface area contributed by atoms with Crippen molar-refractivity contribution in [3.63, 3.8) is 0 Å². The van der Waals surface area contributed by atoms with Gasteiger partial charge in [-0.1, -0.05) is 19.9 Å². The lowest BCUT2D eigenvalue weighted by molar-refractivity contribution is 0.230. The molecular weight excluding hydrogens is 330 g/mol. The van der Waals surface area contributed by atoms with Gasteiger partial charge in [-0.25, -0.2) is 4.98 Å². The van der Waals surface area contributed by atoms with E-state index in [9.17, 15) is 0 Å². The van der Waals surface area contributed by atoms with E-state index in [1.165, 1.54) is 5.56 Å². The van der Waals surface area contributed by atoms with Crippen molar-refractivity contribution >= 4 is 15.9 Å². The molecule has 2 rings (SSSR count). The van der Waals surface area contributed by atoms with E-state index in [1.807, 2.05) is 20.0 Å². The molecular formula is C16H20BrN3O. The van der Waals surface area contributed by atoms with Crippen LogP contribution in [0.25, 0.3) is 0 Å². The van der Waals surface area contributed by atoms with Gasteiger partial charge in [0.1, 0.15) is 5.82 Å². The Kier molecular flexibility index (Phi) is 5.28. The fourth-order valence-electron chi connectivity index (χ4n) is 1.93. The molecule has 0 saturated heterocycles. The zero-order chi connectivity index (χ0) is 15.4. The molecule has 112 valence electrons. The van der Waals surface area contributed by atoms with Crippen molar-refractivity contribution in [1.82, 2.24) is 15.0 Å². The molecule has 0 aliphatic rings. The molecule has 0 amide bonds. The molecule has 0 radical (unpaired) electrons. The van der Waals surface area contributed by atoms with Gasteiger partial charge >= 0.3 is 0 Å². The van der Waals surface area contributed by atoms with Gasteiger partial charge in [-0.2, -0.15) is 4.98 Å². The quantitative estimate of drug-likeness (QED) is 0.816. The maximum absolute atomic E-state index is 5.82. The van der Waals surface area contributed by atoms with Gasteiger partial charge in [-0.05, 0) is 47.3 Å². The maximum Gasteiger partial charge on any atom is 0.231 e. The number of aromatic nitrogens is 3. The van der Waals surface area contributed by atoms with Gasteiger partial charge in [0, 0.05) is 24.0 Å². The van der Waals surface area contributed by atoms with Crippen molar-refractivity contribution in [2.24, 2.45) is 5.92 Å². The number of ether oxygens (including phenoxy) is 1. The molecule has 2 heterocycles. The summed E-state index contributed by atoms with van der Waals surface area (Å²) in [6.07, 6.45) is 3.62. The number of hydrogen-bond donors (Lipinski definition) is 0. The summed E-state index contributed by atoms with van der Waals surface area (Å²) in [6.45, 7) is 8.82. The Bertz CT molecular complexity index is 601. The zero-order valence-corrected chi connectivity index (χ0v) is 14.4. The average Bonchev–Trinajstić information content (AvgIpc) is 2.48. The van der Waals surface area contributed by atoms with Crippen LogP contribution in [0, 0.1) is 19.8 Å². The molecule has 0 saturated carbocycles. The Labute approximate surface area is 134 Å². The van der Waals surface area contributed by atoms with Crippen molar-refractivity contribution in [2.45, 2.75) is 33.6 Å². The predicted octanol–water partition coefficient (Wildman–Crippen LogP) is 4.07. The van der Waals surface area contributed by atoms with Gasteiger partial charge in [0.15, 0.2) is 0 Å². The summed E-state index contributed by atoms with van der Waals surface area (Å²) >= 11 is 3.41. The molecule has 0 aliphatic carbocycles. The van der Waals surface area contributed by atoms with Gasteiger partial charge < -0.3 is 4.74 Å². The third-order valence-corrected chi connectivity index (χ3v) is 4.11. The van der Waals surface area contributed by atoms with Crippen molar-refractivity contribution in [1.29, 1.82) is 0 Å². The lowest BCUT2D eigenvalue weighted by atomic mass is 9.93. The maximum atomic E-state index is 5.82. The molecule has 21 heavy (non-hydrogen) atoms. The molecule has 0 aromatic carbocycles. The summed E-state index contributed by atoms with van der Waals surface area (Å²) in [7, 11) is 0. The summed E-state index contributed by atoms with van der Waals surface area (Å²) < 4.78 is 6.60. The second-order valence-corrected chi connectivity index (χ2v) is 6.26. The zero-order valence-electron chi connectivity index (χ0n) is 12.8. The number of pyridine rings is 1. The molecule has 4 nitrogen and oxygen atoms in total. The van der Waals surface area contributed by atoms with Crippen molar-refractivity contribution in [3.05, 3.63) is 46.1 Å². The molecule has 2 aromatic rings. The average molecular weight is 350 g/mol. The van der Waals surface area contributed by atoms with Crippen LogP contribution in [0.1, 0.15) is 36.8 Å². The predicted molar refractivity (Wildman–Crippen MR) is 86.5 cm³/mol. The normalized spacial score (nSPS) is 13.8. The first-order valence-corrected chi connectivity index (χ1v) is 7.81. The van der Waals surface area contributed by atoms with Gasteiger partial charge in [-0.3, -0.25) is 4.98 Å². The first kappa shape index (κ1) is 15.9. The minimum absolute atomic E-state index is 0.326. The van der Waals surface area contributed by atoms with Gasteiger partial charge in [0.05, 0.1) is 11.1 Å². The summed E-state index contributed by atoms with van der Waals surface area (Å²) in [6, 6.07) is 4.18. The molecule has 0 spiro atoms. The first-order valence-electron chi connectivity index (χ1n) is 7.02. The lowest BCUT2D eigenvalue weighted by Gasteiger charge is -2.20. The van der Waals surface area contributed by atoms with E-state index in [-0.39, 0.29) is 0 Å². The lowest BCUT2D eigenvalue weighted by Crippen LogP contribution is -2.17. The Morgan fingerprint density at radius 3 is 2.57 bits per heavy atom. The first-order chi connectivity index (χ1) is 9.97. The van der Waals surface area contributed by atoms with Crippen molar-refractivity contribution < 1.29 is 4.74 Å². The molecule has 2 aromatic heterocycles. The summed E-state index contributed by atoms with van der Waals surface area (Å²) in [5.74, 6) is 1.96. The van der Waals surface area contributed by atoms with Crippen molar-refractivity contribution in [3.8, 4) is 5.88 Å². The number of halogens is 1. The Morgan fingerprint density at radius 2 is 1.90 bits per heavy atom. The standard InChI is InChI=1S/C16H20BrN3O/c1-10-5-6-15(19-7-10)12(3)11(2)9-21-16-14(17)8-18-13(4)20-16/h5-8,11-12H,9H2,1-4H3/t11-,12?/m1/s1. The molecule has 5 heteroatoms. The largest absolute Gasteiger partial charge is 0.476 e. The fraction of sp³-hybridized carbons (Fsp3) is 0.438. The van der Waals surface area contributed by atoms with Gasteiger partial charge in [0.25, 0.3) is 0 Å². The number of rotatable bonds is 5. The molecule has 0 N–H and O–H groups in total. The highest BCUT2D eigenvalue weighted by atomic mass is 79.9. The molecule has 2 atom stereocenters. The molecule has 0 bridgehead atoms. The van der Waals surface area contributed by atoms with Crippen LogP contribution in [0.4, 0.5) is 0 Å². The van der Waals surface area contributed by atoms with Crippen LogP contribution in [0.3, 0.4) is 0 Å². The van der Waals surface area contributed by atoms with E-state index in [2.05, 4.69) is 56.9 Å². The number of hydrogen-bond acceptors (Lipinski definition) is 4. The summed E-state index contributed by atoms with van der Waals surface area (Å²) in [5.41, 5.74) is 2.27.